The number of rotatable bonds is 6. The third-order valence-electron chi connectivity index (χ3n) is 4.33. The molecule has 0 amide bonds. The highest BCUT2D eigenvalue weighted by Gasteiger charge is 2.21. The van der Waals surface area contributed by atoms with Crippen LogP contribution in [0.4, 0.5) is 4.39 Å². The second-order valence-electron chi connectivity index (χ2n) is 6.19. The molecule has 0 unspecified atom stereocenters. The van der Waals surface area contributed by atoms with Gasteiger partial charge in [-0.25, -0.2) is 17.5 Å². The quantitative estimate of drug-likeness (QED) is 0.675. The van der Waals surface area contributed by atoms with E-state index in [1.54, 1.807) is 0 Å². The van der Waals surface area contributed by atoms with Gasteiger partial charge in [-0.2, -0.15) is 5.10 Å². The molecule has 3 aromatic rings. The molecule has 0 aliphatic heterocycles. The molecule has 0 aliphatic rings. The number of nitrogens with zero attached hydrogens (tertiary/aromatic N) is 2. The molecule has 0 saturated carbocycles. The Balaban J connectivity index is 1.80. The molecule has 0 spiro atoms. The summed E-state index contributed by atoms with van der Waals surface area (Å²) < 4.78 is 43.1. The van der Waals surface area contributed by atoms with Crippen LogP contribution < -0.4 is 4.72 Å². The fourth-order valence-electron chi connectivity index (χ4n) is 2.84. The van der Waals surface area contributed by atoms with Gasteiger partial charge in [-0.1, -0.05) is 41.9 Å². The van der Waals surface area contributed by atoms with E-state index in [1.165, 1.54) is 6.07 Å². The summed E-state index contributed by atoms with van der Waals surface area (Å²) >= 11 is 5.68. The Morgan fingerprint density at radius 3 is 2.52 bits per heavy atom. The van der Waals surface area contributed by atoms with Crippen LogP contribution in [0.2, 0.25) is 5.02 Å². The fraction of sp³-hybridized carbons (Fsp3) is 0.211. The van der Waals surface area contributed by atoms with Crippen LogP contribution in [0.15, 0.2) is 53.4 Å². The second kappa shape index (κ2) is 7.80. The van der Waals surface area contributed by atoms with Crippen LogP contribution in [0.1, 0.15) is 22.5 Å². The molecular formula is C19H19ClFN3O2S. The zero-order valence-corrected chi connectivity index (χ0v) is 16.5. The number of hydrogen-bond acceptors (Lipinski definition) is 3. The second-order valence-corrected chi connectivity index (χ2v) is 8.36. The van der Waals surface area contributed by atoms with Crippen molar-refractivity contribution in [3.05, 3.63) is 81.9 Å². The van der Waals surface area contributed by atoms with Gasteiger partial charge in [0.2, 0.25) is 10.0 Å². The van der Waals surface area contributed by atoms with Gasteiger partial charge >= 0.3 is 0 Å². The van der Waals surface area contributed by atoms with E-state index in [1.807, 2.05) is 48.9 Å². The van der Waals surface area contributed by atoms with E-state index in [2.05, 4.69) is 9.82 Å². The summed E-state index contributed by atoms with van der Waals surface area (Å²) in [5.74, 6) is -0.886. The first-order valence-corrected chi connectivity index (χ1v) is 10.2. The van der Waals surface area contributed by atoms with E-state index < -0.39 is 20.7 Å². The summed E-state index contributed by atoms with van der Waals surface area (Å²) in [6.07, 6.45) is 0. The summed E-state index contributed by atoms with van der Waals surface area (Å²) in [5.41, 5.74) is 3.45. The molecule has 0 atom stereocenters. The maximum absolute atomic E-state index is 14.0. The summed E-state index contributed by atoms with van der Waals surface area (Å²) in [4.78, 5) is -0.432. The Morgan fingerprint density at radius 1 is 1.15 bits per heavy atom. The standard InChI is InChI=1S/C19H19ClFN3O2S/c1-13-17(14(2)24(23-13)12-15-6-4-3-5-7-15)11-22-27(25,26)19-9-8-16(20)10-18(19)21/h3-10,22H,11-12H2,1-2H3. The van der Waals surface area contributed by atoms with Gasteiger partial charge in [0.1, 0.15) is 10.7 Å². The van der Waals surface area contributed by atoms with Crippen molar-refractivity contribution in [2.24, 2.45) is 0 Å². The Bertz CT molecular complexity index is 1070. The summed E-state index contributed by atoms with van der Waals surface area (Å²) in [5, 5.41) is 4.64. The van der Waals surface area contributed by atoms with Crippen LogP contribution in [0.3, 0.4) is 0 Å². The van der Waals surface area contributed by atoms with Crippen molar-refractivity contribution in [2.45, 2.75) is 31.8 Å². The lowest BCUT2D eigenvalue weighted by Gasteiger charge is -2.09. The van der Waals surface area contributed by atoms with E-state index in [0.717, 1.165) is 34.6 Å². The topological polar surface area (TPSA) is 64.0 Å². The van der Waals surface area contributed by atoms with Crippen LogP contribution in [-0.4, -0.2) is 18.2 Å². The SMILES string of the molecule is Cc1nn(Cc2ccccc2)c(C)c1CNS(=O)(=O)c1ccc(Cl)cc1F. The molecule has 2 aromatic carbocycles. The molecule has 0 fully saturated rings. The summed E-state index contributed by atoms with van der Waals surface area (Å²) in [6, 6.07) is 13.3. The lowest BCUT2D eigenvalue weighted by atomic mass is 10.2. The molecule has 0 bridgehead atoms. The lowest BCUT2D eigenvalue weighted by molar-refractivity contribution is 0.556. The Labute approximate surface area is 162 Å². The van der Waals surface area contributed by atoms with Gasteiger partial charge in [0.25, 0.3) is 0 Å². The van der Waals surface area contributed by atoms with Crippen molar-refractivity contribution in [1.29, 1.82) is 0 Å². The van der Waals surface area contributed by atoms with Crippen LogP contribution >= 0.6 is 11.6 Å². The molecule has 0 radical (unpaired) electrons. The highest BCUT2D eigenvalue weighted by Crippen LogP contribution is 2.20. The summed E-state index contributed by atoms with van der Waals surface area (Å²) in [6.45, 7) is 4.32. The smallest absolute Gasteiger partial charge is 0.243 e. The average Bonchev–Trinajstić information content (AvgIpc) is 2.87. The molecule has 1 heterocycles. The average molecular weight is 408 g/mol. The molecule has 3 rings (SSSR count). The van der Waals surface area contributed by atoms with Gasteiger partial charge in [-0.3, -0.25) is 4.68 Å². The van der Waals surface area contributed by atoms with Crippen molar-refractivity contribution in [1.82, 2.24) is 14.5 Å². The van der Waals surface area contributed by atoms with Crippen molar-refractivity contribution in [2.75, 3.05) is 0 Å². The maximum atomic E-state index is 14.0. The van der Waals surface area contributed by atoms with Crippen LogP contribution in [0, 0.1) is 19.7 Å². The maximum Gasteiger partial charge on any atom is 0.243 e. The largest absolute Gasteiger partial charge is 0.265 e. The molecule has 5 nitrogen and oxygen atoms in total. The monoisotopic (exact) mass is 407 g/mol. The Kier molecular flexibility index (Phi) is 5.64. The molecule has 27 heavy (non-hydrogen) atoms. The zero-order valence-electron chi connectivity index (χ0n) is 14.9. The number of halogens is 2. The minimum atomic E-state index is -4.01. The predicted molar refractivity (Wildman–Crippen MR) is 103 cm³/mol. The number of hydrogen-bond donors (Lipinski definition) is 1. The van der Waals surface area contributed by atoms with Gasteiger partial charge in [-0.15, -0.1) is 0 Å². The van der Waals surface area contributed by atoms with E-state index in [9.17, 15) is 12.8 Å². The predicted octanol–water partition coefficient (Wildman–Crippen LogP) is 3.82. The number of nitrogens with one attached hydrogen (secondary N) is 1. The Morgan fingerprint density at radius 2 is 1.85 bits per heavy atom. The fourth-order valence-corrected chi connectivity index (χ4v) is 4.05. The van der Waals surface area contributed by atoms with Crippen molar-refractivity contribution in [3.8, 4) is 0 Å². The summed E-state index contributed by atoms with van der Waals surface area (Å²) in [7, 11) is -4.01. The van der Waals surface area contributed by atoms with Crippen molar-refractivity contribution >= 4 is 21.6 Å². The van der Waals surface area contributed by atoms with E-state index in [0.29, 0.717) is 6.54 Å². The van der Waals surface area contributed by atoms with Gasteiger partial charge < -0.3 is 0 Å². The molecule has 1 N–H and O–H groups in total. The third kappa shape index (κ3) is 4.37. The van der Waals surface area contributed by atoms with Crippen LogP contribution in [0.5, 0.6) is 0 Å². The van der Waals surface area contributed by atoms with Gasteiger partial charge in [0.05, 0.1) is 12.2 Å². The van der Waals surface area contributed by atoms with Crippen LogP contribution in [0.25, 0.3) is 0 Å². The number of aryl methyl sites for hydroxylation is 1. The number of aromatic nitrogens is 2. The first-order valence-electron chi connectivity index (χ1n) is 8.29. The minimum Gasteiger partial charge on any atom is -0.265 e. The highest BCUT2D eigenvalue weighted by atomic mass is 35.5. The highest BCUT2D eigenvalue weighted by molar-refractivity contribution is 7.89. The molecular weight excluding hydrogens is 389 g/mol. The zero-order chi connectivity index (χ0) is 19.6. The molecule has 0 saturated heterocycles. The van der Waals surface area contributed by atoms with E-state index in [-0.39, 0.29) is 11.6 Å². The number of benzene rings is 2. The molecule has 0 aliphatic carbocycles. The number of sulfonamides is 1. The van der Waals surface area contributed by atoms with Crippen LogP contribution in [-0.2, 0) is 23.1 Å². The van der Waals surface area contributed by atoms with Gasteiger partial charge in [0, 0.05) is 22.8 Å². The first-order chi connectivity index (χ1) is 12.8. The Hall–Kier alpha value is -2.22. The third-order valence-corrected chi connectivity index (χ3v) is 6.00. The van der Waals surface area contributed by atoms with Gasteiger partial charge in [-0.05, 0) is 37.6 Å². The van der Waals surface area contributed by atoms with Gasteiger partial charge in [0.15, 0.2) is 0 Å². The van der Waals surface area contributed by atoms with Crippen molar-refractivity contribution in [3.63, 3.8) is 0 Å². The molecule has 1 aromatic heterocycles. The van der Waals surface area contributed by atoms with E-state index >= 15 is 0 Å². The van der Waals surface area contributed by atoms with Crippen molar-refractivity contribution < 1.29 is 12.8 Å². The lowest BCUT2D eigenvalue weighted by Crippen LogP contribution is -2.24. The first kappa shape index (κ1) is 19.5. The molecule has 142 valence electrons. The minimum absolute atomic E-state index is 0.0247. The van der Waals surface area contributed by atoms with E-state index in [4.69, 9.17) is 11.6 Å². The molecule has 8 heteroatoms. The normalized spacial score (nSPS) is 11.7.